The molecule has 2 atom stereocenters. The second kappa shape index (κ2) is 5.35. The van der Waals surface area contributed by atoms with Crippen LogP contribution in [0.2, 0.25) is 0 Å². The molecule has 0 aromatic rings. The highest BCUT2D eigenvalue weighted by atomic mass is 32.2. The van der Waals surface area contributed by atoms with Crippen LogP contribution in [-0.2, 0) is 9.68 Å². The molecule has 0 saturated heterocycles. The van der Waals surface area contributed by atoms with Crippen LogP contribution in [-0.4, -0.2) is 39.8 Å². The lowest BCUT2D eigenvalue weighted by molar-refractivity contribution is -0.244. The summed E-state index contributed by atoms with van der Waals surface area (Å²) < 4.78 is 0. The van der Waals surface area contributed by atoms with E-state index in [2.05, 4.69) is 4.89 Å². The van der Waals surface area contributed by atoms with Crippen molar-refractivity contribution in [1.82, 2.24) is 0 Å². The first-order valence-electron chi connectivity index (χ1n) is 4.21. The third-order valence-corrected chi connectivity index (χ3v) is 3.18. The van der Waals surface area contributed by atoms with Gasteiger partial charge in [0.25, 0.3) is 0 Å². The van der Waals surface area contributed by atoms with Gasteiger partial charge in [0.15, 0.2) is 11.5 Å². The Kier molecular flexibility index (Phi) is 4.40. The molecule has 0 aromatic heterocycles. The van der Waals surface area contributed by atoms with Crippen molar-refractivity contribution in [2.45, 2.75) is 17.7 Å². The Morgan fingerprint density at radius 3 is 3.00 bits per heavy atom. The van der Waals surface area contributed by atoms with Gasteiger partial charge in [-0.1, -0.05) is 0 Å². The predicted octanol–water partition coefficient (Wildman–Crippen LogP) is 0.320. The molecule has 0 aromatic carbocycles. The van der Waals surface area contributed by atoms with Crippen LogP contribution in [0.1, 0.15) is 6.42 Å². The molecule has 1 aliphatic rings. The highest BCUT2D eigenvalue weighted by Gasteiger charge is 2.24. The predicted molar refractivity (Wildman–Crippen MR) is 53.1 cm³/mol. The van der Waals surface area contributed by atoms with Crippen molar-refractivity contribution in [2.75, 3.05) is 12.4 Å². The molecular formula is C8H13NO4S. The summed E-state index contributed by atoms with van der Waals surface area (Å²) in [5.41, 5.74) is 5.56. The van der Waals surface area contributed by atoms with Crippen LogP contribution >= 0.6 is 11.8 Å². The molecule has 0 heterocycles. The zero-order valence-electron chi connectivity index (χ0n) is 7.55. The average molecular weight is 219 g/mol. The minimum Gasteiger partial charge on any atom is -0.505 e. The molecule has 0 bridgehead atoms. The number of carbonyl (C=O) groups is 1. The lowest BCUT2D eigenvalue weighted by atomic mass is 10.3. The topological polar surface area (TPSA) is 92.8 Å². The zero-order chi connectivity index (χ0) is 10.6. The fraction of sp³-hybridized carbons (Fsp3) is 0.625. The van der Waals surface area contributed by atoms with Gasteiger partial charge in [0, 0.05) is 23.5 Å². The normalized spacial score (nSPS) is 23.7. The van der Waals surface area contributed by atoms with Crippen molar-refractivity contribution in [2.24, 2.45) is 5.73 Å². The highest BCUT2D eigenvalue weighted by molar-refractivity contribution is 8.00. The van der Waals surface area contributed by atoms with Gasteiger partial charge in [-0.3, -0.25) is 10.1 Å². The van der Waals surface area contributed by atoms with E-state index in [1.165, 1.54) is 17.8 Å². The van der Waals surface area contributed by atoms with Crippen LogP contribution < -0.4 is 5.73 Å². The van der Waals surface area contributed by atoms with Gasteiger partial charge in [-0.2, -0.15) is 11.8 Å². The van der Waals surface area contributed by atoms with Gasteiger partial charge < -0.3 is 10.8 Å². The van der Waals surface area contributed by atoms with Crippen LogP contribution in [0.25, 0.3) is 0 Å². The number of allylic oxidation sites excluding steroid dienone is 1. The number of hydrogen-bond donors (Lipinski definition) is 3. The maximum Gasteiger partial charge on any atom is 0.198 e. The molecule has 6 heteroatoms. The van der Waals surface area contributed by atoms with Gasteiger partial charge in [-0.05, 0) is 6.08 Å². The quantitative estimate of drug-likeness (QED) is 0.455. The molecule has 4 N–H and O–H groups in total. The van der Waals surface area contributed by atoms with Crippen molar-refractivity contribution < 1.29 is 20.0 Å². The first-order valence-corrected chi connectivity index (χ1v) is 5.26. The van der Waals surface area contributed by atoms with E-state index in [0.29, 0.717) is 12.2 Å². The van der Waals surface area contributed by atoms with E-state index >= 15 is 0 Å². The molecule has 0 radical (unpaired) electrons. The molecule has 1 rings (SSSR count). The number of carbonyl (C=O) groups excluding carboxylic acids is 1. The second-order valence-corrected chi connectivity index (χ2v) is 4.38. The highest BCUT2D eigenvalue weighted by Crippen LogP contribution is 2.24. The van der Waals surface area contributed by atoms with E-state index in [0.717, 1.165) is 0 Å². The summed E-state index contributed by atoms with van der Waals surface area (Å²) in [5.74, 6) is 0.186. The van der Waals surface area contributed by atoms with Gasteiger partial charge in [-0.15, -0.1) is 0 Å². The van der Waals surface area contributed by atoms with Crippen molar-refractivity contribution in [3.8, 4) is 0 Å². The monoisotopic (exact) mass is 219 g/mol. The summed E-state index contributed by atoms with van der Waals surface area (Å²) in [6.07, 6.45) is 1.85. The van der Waals surface area contributed by atoms with Gasteiger partial charge >= 0.3 is 0 Å². The number of aliphatic hydroxyl groups is 1. The fourth-order valence-electron chi connectivity index (χ4n) is 1.11. The largest absolute Gasteiger partial charge is 0.505 e. The molecule has 0 aliphatic heterocycles. The van der Waals surface area contributed by atoms with Crippen LogP contribution in [0.15, 0.2) is 11.8 Å². The third-order valence-electron chi connectivity index (χ3n) is 1.83. The molecular weight excluding hydrogens is 206 g/mol. The van der Waals surface area contributed by atoms with Crippen molar-refractivity contribution >= 4 is 17.5 Å². The van der Waals surface area contributed by atoms with E-state index in [9.17, 15) is 4.79 Å². The Hall–Kier alpha value is -0.560. The van der Waals surface area contributed by atoms with Crippen LogP contribution in [0, 0.1) is 0 Å². The zero-order valence-corrected chi connectivity index (χ0v) is 8.37. The summed E-state index contributed by atoms with van der Waals surface area (Å²) in [6.45, 7) is 0.0728. The summed E-state index contributed by atoms with van der Waals surface area (Å²) in [4.78, 5) is 14.8. The van der Waals surface area contributed by atoms with Gasteiger partial charge in [-0.25, -0.2) is 4.89 Å². The van der Waals surface area contributed by atoms with Crippen LogP contribution in [0.4, 0.5) is 0 Å². The number of rotatable bonds is 5. The Morgan fingerprint density at radius 2 is 2.50 bits per heavy atom. The molecule has 0 amide bonds. The summed E-state index contributed by atoms with van der Waals surface area (Å²) in [7, 11) is 0. The third kappa shape index (κ3) is 3.30. The lowest BCUT2D eigenvalue weighted by Gasteiger charge is -2.10. The molecule has 80 valence electrons. The molecule has 14 heavy (non-hydrogen) atoms. The number of Topliss-reactive ketones (excluding diaryl/α,β-unsaturated/α-hetero) is 1. The van der Waals surface area contributed by atoms with Crippen molar-refractivity contribution in [3.63, 3.8) is 0 Å². The van der Waals surface area contributed by atoms with Crippen LogP contribution in [0.3, 0.4) is 0 Å². The lowest BCUT2D eigenvalue weighted by Crippen LogP contribution is -2.29. The van der Waals surface area contributed by atoms with E-state index in [-0.39, 0.29) is 29.4 Å². The Labute approximate surface area is 85.9 Å². The summed E-state index contributed by atoms with van der Waals surface area (Å²) >= 11 is 1.47. The molecule has 0 fully saturated rings. The molecule has 0 spiro atoms. The smallest absolute Gasteiger partial charge is 0.198 e. The number of hydrogen-bond acceptors (Lipinski definition) is 6. The van der Waals surface area contributed by atoms with Gasteiger partial charge in [0.2, 0.25) is 0 Å². The minimum absolute atomic E-state index is 0.00718. The van der Waals surface area contributed by atoms with Gasteiger partial charge in [0.05, 0.1) is 6.61 Å². The first kappa shape index (κ1) is 11.5. The SMILES string of the molecule is NC(COO)CSC1C=C(O)C(=O)C1. The molecule has 0 saturated carbocycles. The standard InChI is InChI=1S/C8H13NO4S/c9-5(3-13-12)4-14-6-1-7(10)8(11)2-6/h1,5-6,10,12H,2-4,9H2. The van der Waals surface area contributed by atoms with Crippen molar-refractivity contribution in [3.05, 3.63) is 11.8 Å². The molecule has 2 unspecified atom stereocenters. The number of nitrogens with two attached hydrogens (primary N) is 1. The van der Waals surface area contributed by atoms with Crippen LogP contribution in [0.5, 0.6) is 0 Å². The van der Waals surface area contributed by atoms with Gasteiger partial charge in [0.1, 0.15) is 0 Å². The molecule has 1 aliphatic carbocycles. The average Bonchev–Trinajstić information content (AvgIpc) is 2.44. The van der Waals surface area contributed by atoms with E-state index in [1.54, 1.807) is 0 Å². The minimum atomic E-state index is -0.267. The first-order chi connectivity index (χ1) is 6.63. The van der Waals surface area contributed by atoms with Crippen molar-refractivity contribution in [1.29, 1.82) is 0 Å². The summed E-state index contributed by atoms with van der Waals surface area (Å²) in [6, 6.07) is -0.267. The van der Waals surface area contributed by atoms with E-state index in [1.807, 2.05) is 0 Å². The second-order valence-electron chi connectivity index (χ2n) is 3.11. The Bertz CT molecular complexity index is 243. The number of aliphatic hydroxyl groups excluding tert-OH is 1. The molecule has 5 nitrogen and oxygen atoms in total. The summed E-state index contributed by atoms with van der Waals surface area (Å²) in [5, 5.41) is 17.1. The fourth-order valence-corrected chi connectivity index (χ4v) is 2.20. The van der Waals surface area contributed by atoms with E-state index < -0.39 is 0 Å². The Balaban J connectivity index is 2.23. The van der Waals surface area contributed by atoms with E-state index in [4.69, 9.17) is 16.1 Å². The maximum absolute atomic E-state index is 10.9. The number of thioether (sulfide) groups is 1. The Morgan fingerprint density at radius 1 is 1.79 bits per heavy atom. The number of ketones is 1. The maximum atomic E-state index is 10.9.